The summed E-state index contributed by atoms with van der Waals surface area (Å²) in [6, 6.07) is 7.87. The Morgan fingerprint density at radius 1 is 1.11 bits per heavy atom. The van der Waals surface area contributed by atoms with E-state index in [-0.39, 0.29) is 11.1 Å². The Bertz CT molecular complexity index is 581. The van der Waals surface area contributed by atoms with Gasteiger partial charge in [0.15, 0.2) is 0 Å². The van der Waals surface area contributed by atoms with Crippen molar-refractivity contribution in [2.45, 2.75) is 6.92 Å². The second-order valence-electron chi connectivity index (χ2n) is 3.74. The van der Waals surface area contributed by atoms with Gasteiger partial charge in [-0.05, 0) is 37.3 Å². The number of hydrogen-bond donors (Lipinski definition) is 2. The molecule has 5 nitrogen and oxygen atoms in total. The summed E-state index contributed by atoms with van der Waals surface area (Å²) in [5, 5.41) is 5.99. The molecule has 0 atom stereocenters. The summed E-state index contributed by atoms with van der Waals surface area (Å²) in [6.07, 6.45) is 0. The summed E-state index contributed by atoms with van der Waals surface area (Å²) in [7, 11) is 0. The number of anilines is 2. The van der Waals surface area contributed by atoms with Crippen LogP contribution in [0.2, 0.25) is 10.2 Å². The fourth-order valence-electron chi connectivity index (χ4n) is 1.38. The third kappa shape index (κ3) is 4.08. The van der Waals surface area contributed by atoms with Crippen molar-refractivity contribution < 1.29 is 4.79 Å². The molecule has 1 aromatic carbocycles. The van der Waals surface area contributed by atoms with Crippen LogP contribution in [0.4, 0.5) is 16.4 Å². The number of amides is 2. The molecule has 0 spiro atoms. The maximum Gasteiger partial charge on any atom is 0.326 e. The third-order valence-electron chi connectivity index (χ3n) is 2.15. The van der Waals surface area contributed by atoms with E-state index in [2.05, 4.69) is 20.6 Å². The van der Waals surface area contributed by atoms with Crippen LogP contribution in [-0.4, -0.2) is 16.0 Å². The van der Waals surface area contributed by atoms with Crippen molar-refractivity contribution in [2.75, 3.05) is 10.6 Å². The summed E-state index contributed by atoms with van der Waals surface area (Å²) in [5.41, 5.74) is 1.28. The van der Waals surface area contributed by atoms with E-state index in [0.29, 0.717) is 16.4 Å². The SMILES string of the molecule is Cc1cc(Cl)nc(NC(=O)Nc2ccc(Cl)cc2)n1. The van der Waals surface area contributed by atoms with Crippen LogP contribution < -0.4 is 10.6 Å². The van der Waals surface area contributed by atoms with E-state index >= 15 is 0 Å². The Morgan fingerprint density at radius 3 is 2.42 bits per heavy atom. The average molecular weight is 297 g/mol. The fourth-order valence-corrected chi connectivity index (χ4v) is 1.75. The maximum absolute atomic E-state index is 11.7. The average Bonchev–Trinajstić information content (AvgIpc) is 2.30. The lowest BCUT2D eigenvalue weighted by Crippen LogP contribution is -2.21. The lowest BCUT2D eigenvalue weighted by Gasteiger charge is -2.07. The van der Waals surface area contributed by atoms with Gasteiger partial charge in [0, 0.05) is 16.4 Å². The number of benzene rings is 1. The number of nitrogens with zero attached hydrogens (tertiary/aromatic N) is 2. The van der Waals surface area contributed by atoms with Crippen molar-refractivity contribution in [3.63, 3.8) is 0 Å². The van der Waals surface area contributed by atoms with Crippen molar-refractivity contribution in [1.29, 1.82) is 0 Å². The number of carbonyl (C=O) groups is 1. The normalized spacial score (nSPS) is 10.1. The zero-order valence-corrected chi connectivity index (χ0v) is 11.5. The van der Waals surface area contributed by atoms with E-state index in [1.54, 1.807) is 37.3 Å². The summed E-state index contributed by atoms with van der Waals surface area (Å²) < 4.78 is 0. The van der Waals surface area contributed by atoms with E-state index < -0.39 is 6.03 Å². The van der Waals surface area contributed by atoms with Gasteiger partial charge in [0.25, 0.3) is 0 Å². The molecule has 7 heteroatoms. The number of hydrogen-bond acceptors (Lipinski definition) is 3. The second-order valence-corrected chi connectivity index (χ2v) is 4.57. The van der Waals surface area contributed by atoms with Gasteiger partial charge in [-0.2, -0.15) is 0 Å². The maximum atomic E-state index is 11.7. The molecule has 0 saturated heterocycles. The molecular formula is C12H10Cl2N4O. The monoisotopic (exact) mass is 296 g/mol. The quantitative estimate of drug-likeness (QED) is 0.830. The highest BCUT2D eigenvalue weighted by Crippen LogP contribution is 2.14. The van der Waals surface area contributed by atoms with E-state index in [0.717, 1.165) is 0 Å². The van der Waals surface area contributed by atoms with Crippen molar-refractivity contribution in [2.24, 2.45) is 0 Å². The van der Waals surface area contributed by atoms with Gasteiger partial charge in [-0.1, -0.05) is 23.2 Å². The summed E-state index contributed by atoms with van der Waals surface area (Å²) >= 11 is 11.5. The van der Waals surface area contributed by atoms with Crippen molar-refractivity contribution >= 4 is 40.9 Å². The van der Waals surface area contributed by atoms with Crippen LogP contribution in [0, 0.1) is 6.92 Å². The standard InChI is InChI=1S/C12H10Cl2N4O/c1-7-6-10(14)17-11(15-7)18-12(19)16-9-4-2-8(13)3-5-9/h2-6H,1H3,(H2,15,16,17,18,19). The number of urea groups is 1. The minimum Gasteiger partial charge on any atom is -0.308 e. The van der Waals surface area contributed by atoms with Gasteiger partial charge in [0.1, 0.15) is 5.15 Å². The van der Waals surface area contributed by atoms with Crippen LogP contribution in [-0.2, 0) is 0 Å². The van der Waals surface area contributed by atoms with Crippen molar-refractivity contribution in [3.8, 4) is 0 Å². The molecule has 98 valence electrons. The molecule has 2 amide bonds. The van der Waals surface area contributed by atoms with Gasteiger partial charge < -0.3 is 5.32 Å². The third-order valence-corrected chi connectivity index (χ3v) is 2.60. The van der Waals surface area contributed by atoms with Crippen LogP contribution in [0.25, 0.3) is 0 Å². The molecule has 1 aromatic heterocycles. The molecule has 0 radical (unpaired) electrons. The van der Waals surface area contributed by atoms with Crippen LogP contribution in [0.15, 0.2) is 30.3 Å². The van der Waals surface area contributed by atoms with E-state index in [1.165, 1.54) is 0 Å². The first kappa shape index (κ1) is 13.6. The van der Waals surface area contributed by atoms with Crippen LogP contribution in [0.3, 0.4) is 0 Å². The van der Waals surface area contributed by atoms with Crippen molar-refractivity contribution in [3.05, 3.63) is 46.2 Å². The molecule has 1 heterocycles. The van der Waals surface area contributed by atoms with E-state index in [4.69, 9.17) is 23.2 Å². The number of halogens is 2. The lowest BCUT2D eigenvalue weighted by atomic mass is 10.3. The predicted octanol–water partition coefficient (Wildman–Crippen LogP) is 3.74. The molecular weight excluding hydrogens is 287 g/mol. The minimum atomic E-state index is -0.455. The zero-order valence-electron chi connectivity index (χ0n) is 9.95. The minimum absolute atomic E-state index is 0.150. The molecule has 19 heavy (non-hydrogen) atoms. The summed E-state index contributed by atoms with van der Waals surface area (Å²) in [5.74, 6) is 0.150. The van der Waals surface area contributed by atoms with Crippen LogP contribution in [0.1, 0.15) is 5.69 Å². The number of aryl methyl sites for hydroxylation is 1. The Balaban J connectivity index is 2.03. The first-order valence-corrected chi connectivity index (χ1v) is 6.13. The smallest absolute Gasteiger partial charge is 0.308 e. The van der Waals surface area contributed by atoms with E-state index in [9.17, 15) is 4.79 Å². The number of nitrogens with one attached hydrogen (secondary N) is 2. The Morgan fingerprint density at radius 2 is 1.79 bits per heavy atom. The van der Waals surface area contributed by atoms with Gasteiger partial charge in [0.05, 0.1) is 0 Å². The first-order chi connectivity index (χ1) is 9.02. The van der Waals surface area contributed by atoms with Crippen LogP contribution >= 0.6 is 23.2 Å². The highest BCUT2D eigenvalue weighted by molar-refractivity contribution is 6.30. The Kier molecular flexibility index (Phi) is 4.19. The molecule has 2 rings (SSSR count). The molecule has 0 aliphatic heterocycles. The molecule has 0 unspecified atom stereocenters. The molecule has 0 aliphatic carbocycles. The number of carbonyl (C=O) groups excluding carboxylic acids is 1. The largest absolute Gasteiger partial charge is 0.326 e. The molecule has 2 aromatic rings. The fraction of sp³-hybridized carbons (Fsp3) is 0.0833. The van der Waals surface area contributed by atoms with Crippen LogP contribution in [0.5, 0.6) is 0 Å². The molecule has 2 N–H and O–H groups in total. The number of rotatable bonds is 2. The second kappa shape index (κ2) is 5.86. The molecule has 0 fully saturated rings. The molecule has 0 aliphatic rings. The van der Waals surface area contributed by atoms with Gasteiger partial charge in [-0.3, -0.25) is 5.32 Å². The first-order valence-electron chi connectivity index (χ1n) is 5.38. The zero-order chi connectivity index (χ0) is 13.8. The topological polar surface area (TPSA) is 66.9 Å². The van der Waals surface area contributed by atoms with Crippen molar-refractivity contribution in [1.82, 2.24) is 9.97 Å². The highest BCUT2D eigenvalue weighted by atomic mass is 35.5. The lowest BCUT2D eigenvalue weighted by molar-refractivity contribution is 0.262. The molecule has 0 saturated carbocycles. The van der Waals surface area contributed by atoms with Gasteiger partial charge in [-0.25, -0.2) is 14.8 Å². The van der Waals surface area contributed by atoms with Gasteiger partial charge in [-0.15, -0.1) is 0 Å². The summed E-state index contributed by atoms with van der Waals surface area (Å²) in [4.78, 5) is 19.6. The molecule has 0 bridgehead atoms. The predicted molar refractivity (Wildman–Crippen MR) is 75.9 cm³/mol. The van der Waals surface area contributed by atoms with E-state index in [1.807, 2.05) is 0 Å². The van der Waals surface area contributed by atoms with Gasteiger partial charge >= 0.3 is 6.03 Å². The Labute approximate surface area is 120 Å². The van der Waals surface area contributed by atoms with Gasteiger partial charge in [0.2, 0.25) is 5.95 Å². The Hall–Kier alpha value is -1.85. The number of aromatic nitrogens is 2. The summed E-state index contributed by atoms with van der Waals surface area (Å²) in [6.45, 7) is 1.76. The highest BCUT2D eigenvalue weighted by Gasteiger charge is 2.06.